The number of fused-ring (bicyclic) bond motifs is 2. The van der Waals surface area contributed by atoms with Crippen molar-refractivity contribution in [2.75, 3.05) is 6.61 Å². The fourth-order valence-electron chi connectivity index (χ4n) is 3.67. The van der Waals surface area contributed by atoms with E-state index >= 15 is 0 Å². The Bertz CT molecular complexity index is 747. The minimum absolute atomic E-state index is 0.0411. The Balaban J connectivity index is 1.55. The molecule has 0 radical (unpaired) electrons. The molecule has 4 fully saturated rings. The van der Waals surface area contributed by atoms with Crippen LogP contribution in [0.4, 0.5) is 0 Å². The van der Waals surface area contributed by atoms with E-state index in [-0.39, 0.29) is 11.1 Å². The summed E-state index contributed by atoms with van der Waals surface area (Å²) in [6.07, 6.45) is 6.75. The van der Waals surface area contributed by atoms with Crippen LogP contribution in [0.5, 0.6) is 5.88 Å². The van der Waals surface area contributed by atoms with Gasteiger partial charge in [-0.3, -0.25) is 4.68 Å². The Morgan fingerprint density at radius 1 is 1.43 bits per heavy atom. The van der Waals surface area contributed by atoms with Gasteiger partial charge in [0.25, 0.3) is 0 Å². The molecule has 110 valence electrons. The molecule has 0 aromatic carbocycles. The Morgan fingerprint density at radius 3 is 2.90 bits per heavy atom. The summed E-state index contributed by atoms with van der Waals surface area (Å²) in [5.41, 5.74) is 0.856. The zero-order chi connectivity index (χ0) is 14.2. The maximum atomic E-state index is 5.86. The highest BCUT2D eigenvalue weighted by Crippen LogP contribution is 2.55. The summed E-state index contributed by atoms with van der Waals surface area (Å²) in [5, 5.41) is 5.73. The van der Waals surface area contributed by atoms with Crippen LogP contribution in [0.15, 0.2) is 16.7 Å². The molecule has 2 saturated carbocycles. The SMILES string of the molecule is CC12CC(n3cc4cc(Br)c(OC5CC5)nc4n3)(CO1)C2. The summed E-state index contributed by atoms with van der Waals surface area (Å²) in [7, 11) is 0. The van der Waals surface area contributed by atoms with Gasteiger partial charge in [-0.15, -0.1) is 0 Å². The van der Waals surface area contributed by atoms with Gasteiger partial charge < -0.3 is 9.47 Å². The first-order chi connectivity index (χ1) is 10.1. The Morgan fingerprint density at radius 2 is 2.24 bits per heavy atom. The molecule has 4 heterocycles. The number of aromatic nitrogens is 3. The first-order valence-corrected chi connectivity index (χ1v) is 8.22. The Kier molecular flexibility index (Phi) is 2.24. The largest absolute Gasteiger partial charge is 0.473 e. The van der Waals surface area contributed by atoms with E-state index in [0.29, 0.717) is 12.0 Å². The lowest BCUT2D eigenvalue weighted by Gasteiger charge is -2.42. The monoisotopic (exact) mass is 349 g/mol. The molecular formula is C15H16BrN3O2. The van der Waals surface area contributed by atoms with E-state index in [1.165, 1.54) is 0 Å². The molecule has 2 aliphatic carbocycles. The molecule has 2 aromatic heterocycles. The minimum atomic E-state index is 0.0411. The smallest absolute Gasteiger partial charge is 0.230 e. The zero-order valence-electron chi connectivity index (χ0n) is 11.8. The maximum Gasteiger partial charge on any atom is 0.230 e. The van der Waals surface area contributed by atoms with Gasteiger partial charge in [0.15, 0.2) is 5.65 Å². The van der Waals surface area contributed by atoms with Crippen LogP contribution in [0.2, 0.25) is 0 Å². The van der Waals surface area contributed by atoms with E-state index in [0.717, 1.165) is 47.8 Å². The average molecular weight is 350 g/mol. The summed E-state index contributed by atoms with van der Waals surface area (Å²) >= 11 is 3.55. The van der Waals surface area contributed by atoms with E-state index in [1.54, 1.807) is 0 Å². The molecule has 2 saturated heterocycles. The van der Waals surface area contributed by atoms with Gasteiger partial charge in [0, 0.05) is 24.4 Å². The molecule has 2 aliphatic heterocycles. The van der Waals surface area contributed by atoms with Gasteiger partial charge in [-0.25, -0.2) is 0 Å². The van der Waals surface area contributed by atoms with E-state index in [9.17, 15) is 0 Å². The lowest BCUT2D eigenvalue weighted by molar-refractivity contribution is 0.00382. The van der Waals surface area contributed by atoms with Gasteiger partial charge >= 0.3 is 0 Å². The van der Waals surface area contributed by atoms with E-state index in [2.05, 4.69) is 43.8 Å². The highest BCUT2D eigenvalue weighted by atomic mass is 79.9. The number of hydrogen-bond donors (Lipinski definition) is 0. The first-order valence-electron chi connectivity index (χ1n) is 7.42. The molecule has 2 aromatic rings. The Labute approximate surface area is 130 Å². The molecule has 0 amide bonds. The van der Waals surface area contributed by atoms with Crippen LogP contribution in [0.25, 0.3) is 11.0 Å². The third-order valence-electron chi connectivity index (χ3n) is 4.80. The van der Waals surface area contributed by atoms with Gasteiger partial charge in [-0.05, 0) is 41.8 Å². The molecule has 6 rings (SSSR count). The van der Waals surface area contributed by atoms with Crippen LogP contribution in [0.3, 0.4) is 0 Å². The molecule has 6 heteroatoms. The van der Waals surface area contributed by atoms with Crippen molar-refractivity contribution in [2.24, 2.45) is 0 Å². The average Bonchev–Trinajstić information content (AvgIpc) is 2.87. The van der Waals surface area contributed by atoms with Crippen LogP contribution in [-0.2, 0) is 10.3 Å². The number of nitrogens with zero attached hydrogens (tertiary/aromatic N) is 3. The fraction of sp³-hybridized carbons (Fsp3) is 0.600. The summed E-state index contributed by atoms with van der Waals surface area (Å²) < 4.78 is 14.6. The van der Waals surface area contributed by atoms with Gasteiger partial charge in [0.05, 0.1) is 22.2 Å². The number of ether oxygens (including phenoxy) is 2. The van der Waals surface area contributed by atoms with Gasteiger partial charge in [0.2, 0.25) is 5.88 Å². The van der Waals surface area contributed by atoms with Crippen molar-refractivity contribution in [1.82, 2.24) is 14.8 Å². The van der Waals surface area contributed by atoms with Crippen molar-refractivity contribution >= 4 is 27.0 Å². The molecule has 21 heavy (non-hydrogen) atoms. The van der Waals surface area contributed by atoms with Crippen LogP contribution in [-0.4, -0.2) is 33.1 Å². The van der Waals surface area contributed by atoms with Crippen molar-refractivity contribution in [3.05, 3.63) is 16.7 Å². The second-order valence-corrected chi connectivity index (χ2v) is 7.75. The van der Waals surface area contributed by atoms with Crippen molar-refractivity contribution in [3.8, 4) is 5.88 Å². The molecule has 0 N–H and O–H groups in total. The predicted molar refractivity (Wildman–Crippen MR) is 80.4 cm³/mol. The molecule has 0 spiro atoms. The fourth-order valence-corrected chi connectivity index (χ4v) is 4.09. The van der Waals surface area contributed by atoms with Crippen LogP contribution in [0.1, 0.15) is 32.6 Å². The zero-order valence-corrected chi connectivity index (χ0v) is 13.4. The minimum Gasteiger partial charge on any atom is -0.473 e. The van der Waals surface area contributed by atoms with Crippen LogP contribution in [0, 0.1) is 0 Å². The normalized spacial score (nSPS) is 34.2. The lowest BCUT2D eigenvalue weighted by atomic mass is 9.69. The summed E-state index contributed by atoms with van der Waals surface area (Å²) in [6, 6.07) is 2.05. The van der Waals surface area contributed by atoms with Crippen molar-refractivity contribution in [3.63, 3.8) is 0 Å². The maximum absolute atomic E-state index is 5.86. The number of halogens is 1. The quantitative estimate of drug-likeness (QED) is 0.854. The number of pyridine rings is 1. The highest BCUT2D eigenvalue weighted by Gasteiger charge is 2.61. The first kappa shape index (κ1) is 12.4. The predicted octanol–water partition coefficient (Wildman–Crippen LogP) is 3.01. The number of hydrogen-bond acceptors (Lipinski definition) is 4. The van der Waals surface area contributed by atoms with E-state index in [1.807, 2.05) is 6.07 Å². The second-order valence-electron chi connectivity index (χ2n) is 6.90. The summed E-state index contributed by atoms with van der Waals surface area (Å²) in [6.45, 7) is 2.93. The summed E-state index contributed by atoms with van der Waals surface area (Å²) in [4.78, 5) is 4.57. The molecule has 0 atom stereocenters. The van der Waals surface area contributed by atoms with Gasteiger partial charge in [0.1, 0.15) is 6.10 Å². The molecule has 4 aliphatic rings. The highest BCUT2D eigenvalue weighted by molar-refractivity contribution is 9.10. The second kappa shape index (κ2) is 3.79. The molecule has 2 bridgehead atoms. The topological polar surface area (TPSA) is 49.2 Å². The number of rotatable bonds is 3. The van der Waals surface area contributed by atoms with Crippen LogP contribution >= 0.6 is 15.9 Å². The van der Waals surface area contributed by atoms with Crippen molar-refractivity contribution in [1.29, 1.82) is 0 Å². The Hall–Kier alpha value is -1.14. The van der Waals surface area contributed by atoms with E-state index < -0.39 is 0 Å². The molecular weight excluding hydrogens is 334 g/mol. The van der Waals surface area contributed by atoms with E-state index in [4.69, 9.17) is 9.47 Å². The molecule has 0 unspecified atom stereocenters. The summed E-state index contributed by atoms with van der Waals surface area (Å²) in [5.74, 6) is 0.661. The van der Waals surface area contributed by atoms with Gasteiger partial charge in [-0.2, -0.15) is 10.1 Å². The van der Waals surface area contributed by atoms with Gasteiger partial charge in [-0.1, -0.05) is 0 Å². The van der Waals surface area contributed by atoms with Crippen molar-refractivity contribution in [2.45, 2.75) is 49.9 Å². The van der Waals surface area contributed by atoms with Crippen LogP contribution < -0.4 is 4.74 Å². The molecule has 5 nitrogen and oxygen atoms in total. The third kappa shape index (κ3) is 1.78. The lowest BCUT2D eigenvalue weighted by Crippen LogP contribution is -2.49. The third-order valence-corrected chi connectivity index (χ3v) is 5.37. The standard InChI is InChI=1S/C15H16BrN3O2/c1-14-6-15(7-14,8-20-14)19-5-9-4-11(16)13(17-12(9)18-19)21-10-2-3-10/h4-5,10H,2-3,6-8H2,1H3. The van der Waals surface area contributed by atoms with Crippen molar-refractivity contribution < 1.29 is 9.47 Å².